The summed E-state index contributed by atoms with van der Waals surface area (Å²) in [6.07, 6.45) is 2.38. The van der Waals surface area contributed by atoms with E-state index in [9.17, 15) is 0 Å². The Morgan fingerprint density at radius 2 is 0.788 bits per heavy atom. The Hall–Kier alpha value is -3.12. The highest BCUT2D eigenvalue weighted by atomic mass is 14.3. The quantitative estimate of drug-likeness (QED) is 0.262. The van der Waals surface area contributed by atoms with Gasteiger partial charge in [-0.05, 0) is 90.7 Å². The lowest BCUT2D eigenvalue weighted by Crippen LogP contribution is -2.14. The Morgan fingerprint density at radius 1 is 0.424 bits per heavy atom. The summed E-state index contributed by atoms with van der Waals surface area (Å²) in [4.78, 5) is 0. The van der Waals surface area contributed by atoms with Crippen LogP contribution in [0.5, 0.6) is 0 Å². The molecule has 165 valence electrons. The highest BCUT2D eigenvalue weighted by Gasteiger charge is 2.29. The molecule has 33 heavy (non-hydrogen) atoms. The summed E-state index contributed by atoms with van der Waals surface area (Å²) in [6, 6.07) is 31.3. The van der Waals surface area contributed by atoms with Crippen LogP contribution < -0.4 is 0 Å². The highest BCUT2D eigenvalue weighted by molar-refractivity contribution is 5.89. The second kappa shape index (κ2) is 7.73. The smallest absolute Gasteiger partial charge is 0.0212 e. The highest BCUT2D eigenvalue weighted by Crippen LogP contribution is 2.47. The number of rotatable bonds is 2. The Labute approximate surface area is 199 Å². The largest absolute Gasteiger partial charge is 0.0622 e. The first-order valence-corrected chi connectivity index (χ1v) is 12.0. The minimum atomic E-state index is 0.0554. The molecule has 0 unspecified atom stereocenters. The van der Waals surface area contributed by atoms with Gasteiger partial charge in [0.05, 0.1) is 0 Å². The fourth-order valence-corrected chi connectivity index (χ4v) is 5.06. The molecule has 0 fully saturated rings. The Morgan fingerprint density at radius 3 is 1.12 bits per heavy atom. The van der Waals surface area contributed by atoms with Gasteiger partial charge in [0.25, 0.3) is 0 Å². The number of fused-ring (bicyclic) bond motifs is 3. The molecule has 1 aliphatic carbocycles. The summed E-state index contributed by atoms with van der Waals surface area (Å²) in [5.41, 5.74) is 13.5. The van der Waals surface area contributed by atoms with Crippen LogP contribution in [-0.4, -0.2) is 0 Å². The first kappa shape index (κ1) is 21.7. The molecule has 0 heteroatoms. The lowest BCUT2D eigenvalue weighted by Gasteiger charge is -2.26. The zero-order valence-electron chi connectivity index (χ0n) is 20.7. The van der Waals surface area contributed by atoms with E-state index in [1.54, 1.807) is 0 Å². The Kier molecular flexibility index (Phi) is 5.09. The molecule has 0 N–H and O–H groups in total. The fraction of sp³-hybridized carbons (Fsp3) is 0.242. The van der Waals surface area contributed by atoms with Crippen molar-refractivity contribution in [2.24, 2.45) is 0 Å². The summed E-state index contributed by atoms with van der Waals surface area (Å²) in [6.45, 7) is 13.9. The second-order valence-corrected chi connectivity index (χ2v) is 11.3. The Balaban J connectivity index is 1.74. The van der Waals surface area contributed by atoms with Crippen LogP contribution >= 0.6 is 0 Å². The van der Waals surface area contributed by atoms with Gasteiger partial charge in [-0.1, -0.05) is 102 Å². The van der Waals surface area contributed by atoms with E-state index in [2.05, 4.69) is 133 Å². The normalized spacial score (nSPS) is 13.0. The molecular formula is C33H33. The van der Waals surface area contributed by atoms with E-state index in [1.165, 1.54) is 55.6 Å². The molecule has 1 radical (unpaired) electrons. The third kappa shape index (κ3) is 3.93. The van der Waals surface area contributed by atoms with Crippen molar-refractivity contribution < 1.29 is 0 Å². The maximum atomic E-state index is 2.45. The third-order valence-electron chi connectivity index (χ3n) is 6.77. The summed E-state index contributed by atoms with van der Waals surface area (Å²) >= 11 is 0. The van der Waals surface area contributed by atoms with Crippen LogP contribution in [0.25, 0.3) is 33.4 Å². The summed E-state index contributed by atoms with van der Waals surface area (Å²) < 4.78 is 0. The van der Waals surface area contributed by atoms with E-state index in [0.717, 1.165) is 0 Å². The summed E-state index contributed by atoms with van der Waals surface area (Å²) in [7, 11) is 0. The van der Waals surface area contributed by atoms with Crippen LogP contribution in [0.4, 0.5) is 0 Å². The van der Waals surface area contributed by atoms with E-state index in [0.29, 0.717) is 0 Å². The number of hydrogen-bond acceptors (Lipinski definition) is 0. The maximum absolute atomic E-state index is 2.45. The molecule has 4 aromatic carbocycles. The monoisotopic (exact) mass is 429 g/mol. The van der Waals surface area contributed by atoms with E-state index in [-0.39, 0.29) is 10.8 Å². The van der Waals surface area contributed by atoms with Crippen molar-refractivity contribution in [3.8, 4) is 33.4 Å². The fourth-order valence-electron chi connectivity index (χ4n) is 5.06. The molecule has 0 amide bonds. The zero-order valence-corrected chi connectivity index (χ0v) is 20.7. The van der Waals surface area contributed by atoms with Gasteiger partial charge in [0.1, 0.15) is 0 Å². The predicted octanol–water partition coefficient (Wildman–Crippen LogP) is 9.20. The first-order valence-electron chi connectivity index (χ1n) is 12.0. The zero-order chi connectivity index (χ0) is 23.4. The minimum absolute atomic E-state index is 0.0554. The van der Waals surface area contributed by atoms with E-state index in [4.69, 9.17) is 0 Å². The lowest BCUT2D eigenvalue weighted by molar-refractivity contribution is 0.591. The van der Waals surface area contributed by atoms with Gasteiger partial charge in [0.15, 0.2) is 0 Å². The van der Waals surface area contributed by atoms with Crippen molar-refractivity contribution in [3.63, 3.8) is 0 Å². The van der Waals surface area contributed by atoms with Crippen LogP contribution in [0.2, 0.25) is 0 Å². The van der Waals surface area contributed by atoms with Crippen LogP contribution in [0.1, 0.15) is 63.8 Å². The molecule has 0 aliphatic heterocycles. The van der Waals surface area contributed by atoms with Crippen molar-refractivity contribution in [1.29, 1.82) is 0 Å². The molecule has 0 heterocycles. The molecule has 0 saturated carbocycles. The molecule has 0 aromatic heterocycles. The molecule has 0 atom stereocenters. The van der Waals surface area contributed by atoms with Crippen LogP contribution in [0, 0.1) is 6.42 Å². The molecule has 0 nitrogen and oxygen atoms in total. The van der Waals surface area contributed by atoms with Gasteiger partial charge < -0.3 is 0 Å². The standard InChI is InChI=1S/C33H33/c1-32(2,3)30-20-26-24(18-28(30)22-13-9-7-10-14-22)17-25-19-29(23-15-11-8-12-16-23)31(21-27(25)26)33(4,5)6/h7-21H,1-6H3. The van der Waals surface area contributed by atoms with Gasteiger partial charge in [-0.2, -0.15) is 0 Å². The summed E-state index contributed by atoms with van der Waals surface area (Å²) in [5, 5.41) is 0. The molecule has 0 bridgehead atoms. The van der Waals surface area contributed by atoms with E-state index < -0.39 is 0 Å². The summed E-state index contributed by atoms with van der Waals surface area (Å²) in [5.74, 6) is 0. The number of benzene rings is 4. The first-order chi connectivity index (χ1) is 15.6. The molecule has 0 spiro atoms. The van der Waals surface area contributed by atoms with E-state index >= 15 is 0 Å². The van der Waals surface area contributed by atoms with Crippen molar-refractivity contribution in [2.75, 3.05) is 0 Å². The molecule has 1 aliphatic rings. The van der Waals surface area contributed by atoms with Gasteiger partial charge >= 0.3 is 0 Å². The van der Waals surface area contributed by atoms with Gasteiger partial charge in [-0.15, -0.1) is 0 Å². The van der Waals surface area contributed by atoms with Gasteiger partial charge in [0, 0.05) is 6.42 Å². The lowest BCUT2D eigenvalue weighted by atomic mass is 9.78. The average molecular weight is 430 g/mol. The van der Waals surface area contributed by atoms with Crippen LogP contribution in [0.15, 0.2) is 84.9 Å². The van der Waals surface area contributed by atoms with Gasteiger partial charge in [-0.25, -0.2) is 0 Å². The SMILES string of the molecule is CC(C)(C)c1cc2c(cc1-c1ccccc1)[CH]c1cc(-c3ccccc3)c(C(C)(C)C)cc1-2. The Bertz CT molecular complexity index is 1210. The van der Waals surface area contributed by atoms with Crippen molar-refractivity contribution >= 4 is 0 Å². The third-order valence-corrected chi connectivity index (χ3v) is 6.77. The predicted molar refractivity (Wildman–Crippen MR) is 143 cm³/mol. The van der Waals surface area contributed by atoms with Crippen molar-refractivity contribution in [1.82, 2.24) is 0 Å². The van der Waals surface area contributed by atoms with Gasteiger partial charge in [0.2, 0.25) is 0 Å². The van der Waals surface area contributed by atoms with Crippen molar-refractivity contribution in [3.05, 3.63) is 114 Å². The topological polar surface area (TPSA) is 0 Å². The number of hydrogen-bond donors (Lipinski definition) is 0. The van der Waals surface area contributed by atoms with Crippen LogP contribution in [-0.2, 0) is 10.8 Å². The molecule has 5 rings (SSSR count). The second-order valence-electron chi connectivity index (χ2n) is 11.3. The molecule has 4 aromatic rings. The average Bonchev–Trinajstić information content (AvgIpc) is 3.14. The molecular weight excluding hydrogens is 396 g/mol. The van der Waals surface area contributed by atoms with Gasteiger partial charge in [-0.3, -0.25) is 0 Å². The maximum Gasteiger partial charge on any atom is 0.0212 e. The van der Waals surface area contributed by atoms with Crippen molar-refractivity contribution in [2.45, 2.75) is 52.4 Å². The molecule has 0 saturated heterocycles. The van der Waals surface area contributed by atoms with E-state index in [1.807, 2.05) is 0 Å². The van der Waals surface area contributed by atoms with Crippen LogP contribution in [0.3, 0.4) is 0 Å². The minimum Gasteiger partial charge on any atom is -0.0622 e.